The number of hydrogen-bond acceptors (Lipinski definition) is 7. The Morgan fingerprint density at radius 3 is 2.00 bits per heavy atom. The van der Waals surface area contributed by atoms with E-state index in [-0.39, 0.29) is 19.6 Å². The van der Waals surface area contributed by atoms with E-state index in [1.165, 1.54) is 23.5 Å². The third-order valence-corrected chi connectivity index (χ3v) is 5.00. The number of aliphatic hydroxyl groups is 2. The number of aliphatic carboxylic acids is 1. The average molecular weight is 418 g/mol. The Balaban J connectivity index is 2.95. The number of ether oxygens (including phenoxy) is 1. The van der Waals surface area contributed by atoms with E-state index in [9.17, 15) is 14.7 Å². The summed E-state index contributed by atoms with van der Waals surface area (Å²) in [5, 5.41) is 29.9. The third-order valence-electron chi connectivity index (χ3n) is 3.09. The van der Waals surface area contributed by atoms with Gasteiger partial charge in [0.2, 0.25) is 0 Å². The maximum Gasteiger partial charge on any atom is 0.408 e. The number of hydrogen-bond donors (Lipinski definition) is 4. The van der Waals surface area contributed by atoms with Gasteiger partial charge in [-0.25, -0.2) is 9.59 Å². The first-order valence-electron chi connectivity index (χ1n) is 8.48. The SMILES string of the molecule is CC(C)(C)OC(=O)N[C@@H](Cc1cc(SCCO)cc(SCCO)c1)C(=O)O. The van der Waals surface area contributed by atoms with Gasteiger partial charge in [0.05, 0.1) is 13.2 Å². The fourth-order valence-electron chi connectivity index (χ4n) is 2.13. The number of carboxylic acid groups (broad SMARTS) is 1. The van der Waals surface area contributed by atoms with Crippen molar-refractivity contribution in [2.24, 2.45) is 0 Å². The fraction of sp³-hybridized carbons (Fsp3) is 0.556. The Hall–Kier alpha value is -1.42. The molecule has 1 rings (SSSR count). The number of thioether (sulfide) groups is 2. The molecule has 152 valence electrons. The standard InChI is InChI=1S/C18H27NO6S2/c1-18(2,3)25-17(24)19-15(16(22)23)10-12-8-13(26-6-4-20)11-14(9-12)27-7-5-21/h8-9,11,15,20-21H,4-7,10H2,1-3H3,(H,19,24)(H,22,23)/t15-/m0/s1. The molecule has 0 radical (unpaired) electrons. The summed E-state index contributed by atoms with van der Waals surface area (Å²) in [5.41, 5.74) is 0.0177. The van der Waals surface area contributed by atoms with E-state index in [0.717, 1.165) is 15.4 Å². The molecule has 0 unspecified atom stereocenters. The molecule has 1 aromatic rings. The first-order valence-corrected chi connectivity index (χ1v) is 10.5. The van der Waals surface area contributed by atoms with Gasteiger partial charge in [-0.3, -0.25) is 0 Å². The first kappa shape index (κ1) is 23.6. The van der Waals surface area contributed by atoms with Gasteiger partial charge in [0.25, 0.3) is 0 Å². The van der Waals surface area contributed by atoms with Crippen molar-refractivity contribution in [2.45, 2.75) is 48.6 Å². The van der Waals surface area contributed by atoms with Crippen LogP contribution in [-0.2, 0) is 16.0 Å². The van der Waals surface area contributed by atoms with Crippen LogP contribution < -0.4 is 5.32 Å². The number of benzene rings is 1. The molecule has 0 aliphatic rings. The van der Waals surface area contributed by atoms with Gasteiger partial charge in [-0.05, 0) is 44.5 Å². The van der Waals surface area contributed by atoms with Crippen LogP contribution in [-0.4, -0.2) is 63.7 Å². The van der Waals surface area contributed by atoms with Crippen LogP contribution in [0.3, 0.4) is 0 Å². The van der Waals surface area contributed by atoms with Crippen molar-refractivity contribution < 1.29 is 29.6 Å². The van der Waals surface area contributed by atoms with E-state index >= 15 is 0 Å². The van der Waals surface area contributed by atoms with Gasteiger partial charge in [-0.15, -0.1) is 23.5 Å². The van der Waals surface area contributed by atoms with Crippen molar-refractivity contribution in [1.29, 1.82) is 0 Å². The highest BCUT2D eigenvalue weighted by atomic mass is 32.2. The molecule has 1 amide bonds. The fourth-order valence-corrected chi connectivity index (χ4v) is 3.75. The number of nitrogens with one attached hydrogen (secondary N) is 1. The molecule has 0 saturated heterocycles. The van der Waals surface area contributed by atoms with Crippen molar-refractivity contribution in [2.75, 3.05) is 24.7 Å². The van der Waals surface area contributed by atoms with Crippen LogP contribution in [0.25, 0.3) is 0 Å². The molecular weight excluding hydrogens is 390 g/mol. The minimum Gasteiger partial charge on any atom is -0.480 e. The number of carboxylic acids is 1. The van der Waals surface area contributed by atoms with Gasteiger partial charge < -0.3 is 25.4 Å². The zero-order chi connectivity index (χ0) is 20.4. The molecule has 0 bridgehead atoms. The third kappa shape index (κ3) is 9.90. The van der Waals surface area contributed by atoms with Crippen molar-refractivity contribution >= 4 is 35.6 Å². The molecule has 0 saturated carbocycles. The van der Waals surface area contributed by atoms with E-state index in [1.807, 2.05) is 18.2 Å². The first-order chi connectivity index (χ1) is 12.6. The highest BCUT2D eigenvalue weighted by Crippen LogP contribution is 2.27. The topological polar surface area (TPSA) is 116 Å². The largest absolute Gasteiger partial charge is 0.480 e. The Bertz CT molecular complexity index is 607. The van der Waals surface area contributed by atoms with Gasteiger partial charge >= 0.3 is 12.1 Å². The van der Waals surface area contributed by atoms with Gasteiger partial charge in [0.1, 0.15) is 11.6 Å². The highest BCUT2D eigenvalue weighted by Gasteiger charge is 2.24. The predicted molar refractivity (Wildman–Crippen MR) is 107 cm³/mol. The summed E-state index contributed by atoms with van der Waals surface area (Å²) in [6, 6.07) is 4.49. The lowest BCUT2D eigenvalue weighted by molar-refractivity contribution is -0.139. The summed E-state index contributed by atoms with van der Waals surface area (Å²) in [6.45, 7) is 5.18. The zero-order valence-electron chi connectivity index (χ0n) is 15.7. The molecule has 7 nitrogen and oxygen atoms in total. The molecule has 4 N–H and O–H groups in total. The molecule has 1 aromatic carbocycles. The summed E-state index contributed by atoms with van der Waals surface area (Å²) in [6.07, 6.45) is -0.690. The van der Waals surface area contributed by atoms with Crippen LogP contribution >= 0.6 is 23.5 Å². The number of aliphatic hydroxyl groups excluding tert-OH is 2. The molecular formula is C18H27NO6S2. The highest BCUT2D eigenvalue weighted by molar-refractivity contribution is 8.00. The van der Waals surface area contributed by atoms with Crippen molar-refractivity contribution in [3.63, 3.8) is 0 Å². The van der Waals surface area contributed by atoms with E-state index in [2.05, 4.69) is 5.32 Å². The number of carbonyl (C=O) groups excluding carboxylic acids is 1. The van der Waals surface area contributed by atoms with E-state index < -0.39 is 23.7 Å². The Labute approximate surface area is 167 Å². The lowest BCUT2D eigenvalue weighted by atomic mass is 10.1. The number of carbonyl (C=O) groups is 2. The summed E-state index contributed by atoms with van der Waals surface area (Å²) in [5.74, 6) is -0.114. The molecule has 0 aliphatic carbocycles. The molecule has 0 fully saturated rings. The summed E-state index contributed by atoms with van der Waals surface area (Å²) in [4.78, 5) is 25.3. The van der Waals surface area contributed by atoms with Crippen LogP contribution in [0.2, 0.25) is 0 Å². The van der Waals surface area contributed by atoms with Crippen LogP contribution in [0.1, 0.15) is 26.3 Å². The Morgan fingerprint density at radius 2 is 1.59 bits per heavy atom. The van der Waals surface area contributed by atoms with Gasteiger partial charge in [0, 0.05) is 27.7 Å². The summed E-state index contributed by atoms with van der Waals surface area (Å²) >= 11 is 2.91. The monoisotopic (exact) mass is 417 g/mol. The van der Waals surface area contributed by atoms with E-state index in [0.29, 0.717) is 11.5 Å². The summed E-state index contributed by atoms with van der Waals surface area (Å²) in [7, 11) is 0. The van der Waals surface area contributed by atoms with Crippen LogP contribution in [0.4, 0.5) is 4.79 Å². The summed E-state index contributed by atoms with van der Waals surface area (Å²) < 4.78 is 5.13. The average Bonchev–Trinajstić information content (AvgIpc) is 2.55. The quantitative estimate of drug-likeness (QED) is 0.429. The molecule has 9 heteroatoms. The molecule has 1 atom stereocenters. The molecule has 0 aliphatic heterocycles. The minimum atomic E-state index is -1.15. The Kier molecular flexibility index (Phi) is 10.00. The van der Waals surface area contributed by atoms with Crippen LogP contribution in [0.15, 0.2) is 28.0 Å². The Morgan fingerprint density at radius 1 is 1.07 bits per heavy atom. The lowest BCUT2D eigenvalue weighted by Crippen LogP contribution is -2.44. The van der Waals surface area contributed by atoms with Crippen LogP contribution in [0, 0.1) is 0 Å². The maximum atomic E-state index is 11.9. The predicted octanol–water partition coefficient (Wildman–Crippen LogP) is 2.38. The molecule has 0 spiro atoms. The van der Waals surface area contributed by atoms with Gasteiger partial charge in [0.15, 0.2) is 0 Å². The second kappa shape index (κ2) is 11.4. The molecule has 0 heterocycles. The molecule has 0 aromatic heterocycles. The van der Waals surface area contributed by atoms with Crippen molar-refractivity contribution in [1.82, 2.24) is 5.32 Å². The molecule has 27 heavy (non-hydrogen) atoms. The number of alkyl carbamates (subject to hydrolysis) is 1. The van der Waals surface area contributed by atoms with E-state index in [1.54, 1.807) is 20.8 Å². The number of amides is 1. The smallest absolute Gasteiger partial charge is 0.408 e. The van der Waals surface area contributed by atoms with Crippen molar-refractivity contribution in [3.05, 3.63) is 23.8 Å². The zero-order valence-corrected chi connectivity index (χ0v) is 17.4. The lowest BCUT2D eigenvalue weighted by Gasteiger charge is -2.22. The maximum absolute atomic E-state index is 11.9. The second-order valence-corrected chi connectivity index (χ2v) is 9.03. The normalized spacial score (nSPS) is 12.5. The van der Waals surface area contributed by atoms with Crippen LogP contribution in [0.5, 0.6) is 0 Å². The van der Waals surface area contributed by atoms with Crippen molar-refractivity contribution in [3.8, 4) is 0 Å². The van der Waals surface area contributed by atoms with Gasteiger partial charge in [-0.2, -0.15) is 0 Å². The number of rotatable bonds is 10. The second-order valence-electron chi connectivity index (χ2n) is 6.70. The van der Waals surface area contributed by atoms with Gasteiger partial charge in [-0.1, -0.05) is 0 Å². The van der Waals surface area contributed by atoms with E-state index in [4.69, 9.17) is 14.9 Å². The minimum absolute atomic E-state index is 0.0337.